The molecule has 0 aliphatic carbocycles. The first-order valence-electron chi connectivity index (χ1n) is 27.8. The van der Waals surface area contributed by atoms with E-state index in [0.29, 0.717) is 19.4 Å². The van der Waals surface area contributed by atoms with E-state index >= 15 is 0 Å². The third-order valence-electron chi connectivity index (χ3n) is 11.6. The maximum atomic E-state index is 12.8. The number of carbonyl (C=O) groups excluding carboxylic acids is 2. The van der Waals surface area contributed by atoms with Crippen LogP contribution in [0.5, 0.6) is 0 Å². The van der Waals surface area contributed by atoms with E-state index in [0.717, 1.165) is 116 Å². The molecule has 0 aromatic rings. The molecule has 66 heavy (non-hydrogen) atoms. The fourth-order valence-corrected chi connectivity index (χ4v) is 7.51. The van der Waals surface area contributed by atoms with E-state index in [2.05, 4.69) is 118 Å². The van der Waals surface area contributed by atoms with Gasteiger partial charge in [0.15, 0.2) is 6.10 Å². The average Bonchev–Trinajstić information content (AvgIpc) is 3.32. The monoisotopic (exact) mass is 917 g/mol. The van der Waals surface area contributed by atoms with Crippen LogP contribution in [0.1, 0.15) is 252 Å². The Hall–Kier alpha value is -3.18. The summed E-state index contributed by atoms with van der Waals surface area (Å²) in [5.41, 5.74) is 0. The quantitative estimate of drug-likeness (QED) is 0.0346. The van der Waals surface area contributed by atoms with Crippen molar-refractivity contribution in [3.05, 3.63) is 97.2 Å². The lowest BCUT2D eigenvalue weighted by molar-refractivity contribution is -0.163. The van der Waals surface area contributed by atoms with Gasteiger partial charge in [0.05, 0.1) is 6.61 Å². The van der Waals surface area contributed by atoms with Crippen molar-refractivity contribution in [2.45, 2.75) is 258 Å². The number of hydrogen-bond donors (Lipinski definition) is 0. The van der Waals surface area contributed by atoms with Crippen molar-refractivity contribution in [2.24, 2.45) is 0 Å². The SMILES string of the molecule is CC/C=C\C/C=C\C/C=C\C/C=C\CCCCCCC(=O)OCC(COCCCCCCCCCC/C=C\CCCCCCCC)OC(=O)CCCCCCC/C=C\C/C=C\C/C=C\CC. The Balaban J connectivity index is 4.35. The predicted molar refractivity (Wildman–Crippen MR) is 288 cm³/mol. The number of esters is 2. The highest BCUT2D eigenvalue weighted by molar-refractivity contribution is 5.70. The summed E-state index contributed by atoms with van der Waals surface area (Å²) in [5, 5.41) is 0. The van der Waals surface area contributed by atoms with Gasteiger partial charge in [-0.2, -0.15) is 0 Å². The van der Waals surface area contributed by atoms with Gasteiger partial charge in [0.25, 0.3) is 0 Å². The summed E-state index contributed by atoms with van der Waals surface area (Å²) in [7, 11) is 0. The second-order valence-corrected chi connectivity index (χ2v) is 18.1. The molecule has 0 aromatic heterocycles. The van der Waals surface area contributed by atoms with Crippen molar-refractivity contribution in [1.82, 2.24) is 0 Å². The predicted octanol–water partition coefficient (Wildman–Crippen LogP) is 19.0. The molecule has 0 saturated carbocycles. The first-order chi connectivity index (χ1) is 32.6. The Morgan fingerprint density at radius 2 is 0.682 bits per heavy atom. The highest BCUT2D eigenvalue weighted by Crippen LogP contribution is 2.14. The van der Waals surface area contributed by atoms with Crippen LogP contribution in [0.4, 0.5) is 0 Å². The maximum absolute atomic E-state index is 12.8. The molecule has 5 heteroatoms. The summed E-state index contributed by atoms with van der Waals surface area (Å²) < 4.78 is 17.4. The van der Waals surface area contributed by atoms with Crippen molar-refractivity contribution in [3.63, 3.8) is 0 Å². The van der Waals surface area contributed by atoms with Crippen molar-refractivity contribution < 1.29 is 23.8 Å². The van der Waals surface area contributed by atoms with Crippen LogP contribution < -0.4 is 0 Å². The molecular weight excluding hydrogens is 813 g/mol. The van der Waals surface area contributed by atoms with Crippen LogP contribution in [0.3, 0.4) is 0 Å². The highest BCUT2D eigenvalue weighted by Gasteiger charge is 2.17. The van der Waals surface area contributed by atoms with Crippen LogP contribution in [-0.2, 0) is 23.8 Å². The molecule has 0 aliphatic heterocycles. The van der Waals surface area contributed by atoms with Crippen molar-refractivity contribution in [3.8, 4) is 0 Å². The normalized spacial score (nSPS) is 13.0. The second kappa shape index (κ2) is 56.1. The summed E-state index contributed by atoms with van der Waals surface area (Å²) in [4.78, 5) is 25.5. The molecule has 1 unspecified atom stereocenters. The van der Waals surface area contributed by atoms with E-state index < -0.39 is 6.10 Å². The van der Waals surface area contributed by atoms with Crippen LogP contribution in [0.2, 0.25) is 0 Å². The summed E-state index contributed by atoms with van der Waals surface area (Å²) >= 11 is 0. The Kier molecular flexibility index (Phi) is 53.4. The van der Waals surface area contributed by atoms with E-state index in [4.69, 9.17) is 14.2 Å². The first kappa shape index (κ1) is 62.8. The van der Waals surface area contributed by atoms with Crippen molar-refractivity contribution in [2.75, 3.05) is 19.8 Å². The number of unbranched alkanes of at least 4 members (excludes halogenated alkanes) is 23. The van der Waals surface area contributed by atoms with Crippen molar-refractivity contribution >= 4 is 11.9 Å². The number of rotatable bonds is 50. The lowest BCUT2D eigenvalue weighted by Gasteiger charge is -2.18. The molecule has 1 atom stereocenters. The molecule has 378 valence electrons. The molecule has 0 spiro atoms. The summed E-state index contributed by atoms with van der Waals surface area (Å²) in [5.74, 6) is -0.445. The van der Waals surface area contributed by atoms with Gasteiger partial charge in [-0.25, -0.2) is 0 Å². The molecule has 0 N–H and O–H groups in total. The number of allylic oxidation sites excluding steroid dienone is 16. The Morgan fingerprint density at radius 3 is 1.11 bits per heavy atom. The van der Waals surface area contributed by atoms with E-state index in [1.165, 1.54) is 103 Å². The van der Waals surface area contributed by atoms with Gasteiger partial charge in [0.2, 0.25) is 0 Å². The van der Waals surface area contributed by atoms with Gasteiger partial charge < -0.3 is 14.2 Å². The largest absolute Gasteiger partial charge is 0.462 e. The zero-order valence-electron chi connectivity index (χ0n) is 43.4. The van der Waals surface area contributed by atoms with Crippen LogP contribution in [0.25, 0.3) is 0 Å². The van der Waals surface area contributed by atoms with Gasteiger partial charge in [0, 0.05) is 19.4 Å². The summed E-state index contributed by atoms with van der Waals surface area (Å²) in [6.45, 7) is 7.56. The number of hydrogen-bond acceptors (Lipinski definition) is 5. The van der Waals surface area contributed by atoms with Gasteiger partial charge in [-0.1, -0.05) is 221 Å². The van der Waals surface area contributed by atoms with Gasteiger partial charge >= 0.3 is 11.9 Å². The topological polar surface area (TPSA) is 61.8 Å². The van der Waals surface area contributed by atoms with Gasteiger partial charge in [-0.05, 0) is 116 Å². The summed E-state index contributed by atoms with van der Waals surface area (Å²) in [6, 6.07) is 0. The molecule has 0 aromatic carbocycles. The Labute approximate surface area is 409 Å². The fraction of sp³-hybridized carbons (Fsp3) is 0.705. The lowest BCUT2D eigenvalue weighted by atomic mass is 10.1. The first-order valence-corrected chi connectivity index (χ1v) is 27.8. The molecule has 0 fully saturated rings. The lowest BCUT2D eigenvalue weighted by Crippen LogP contribution is -2.30. The standard InChI is InChI=1S/C61H104O5/c1-4-7-10-13-16-19-22-25-28-30-32-35-38-41-44-47-50-53-56-64-57-59(66-61(63)55-52-49-46-43-40-37-33-27-24-21-18-15-12-9-6-3)58-65-60(62)54-51-48-45-42-39-36-34-31-29-26-23-20-17-14-11-8-5-2/h8-9,11-12,17-18,20-21,25-29,33-34,36,59H,4-7,10,13-16,19,22-24,30-32,35,37-58H2,1-3H3/b11-8-,12-9-,20-17-,21-18-,28-25-,29-26-,33-27-,36-34-. The minimum atomic E-state index is -0.563. The minimum Gasteiger partial charge on any atom is -0.462 e. The van der Waals surface area contributed by atoms with Crippen LogP contribution in [-0.4, -0.2) is 37.9 Å². The number of ether oxygens (including phenoxy) is 3. The minimum absolute atomic E-state index is 0.0601. The highest BCUT2D eigenvalue weighted by atomic mass is 16.6. The van der Waals surface area contributed by atoms with E-state index in [-0.39, 0.29) is 25.2 Å². The fourth-order valence-electron chi connectivity index (χ4n) is 7.51. The molecule has 0 radical (unpaired) electrons. The third kappa shape index (κ3) is 53.4. The van der Waals surface area contributed by atoms with Crippen LogP contribution in [0.15, 0.2) is 97.2 Å². The average molecular weight is 917 g/mol. The smallest absolute Gasteiger partial charge is 0.306 e. The zero-order chi connectivity index (χ0) is 47.7. The Morgan fingerprint density at radius 1 is 0.348 bits per heavy atom. The molecule has 0 rings (SSSR count). The van der Waals surface area contributed by atoms with Gasteiger partial charge in [0.1, 0.15) is 6.61 Å². The van der Waals surface area contributed by atoms with Crippen LogP contribution in [0, 0.1) is 0 Å². The molecule has 0 heterocycles. The zero-order valence-corrected chi connectivity index (χ0v) is 43.4. The molecular formula is C61H104O5. The van der Waals surface area contributed by atoms with Crippen molar-refractivity contribution in [1.29, 1.82) is 0 Å². The molecule has 5 nitrogen and oxygen atoms in total. The van der Waals surface area contributed by atoms with E-state index in [1.807, 2.05) is 0 Å². The maximum Gasteiger partial charge on any atom is 0.306 e. The molecule has 0 amide bonds. The van der Waals surface area contributed by atoms with Gasteiger partial charge in [-0.15, -0.1) is 0 Å². The van der Waals surface area contributed by atoms with E-state index in [9.17, 15) is 9.59 Å². The molecule has 0 aliphatic rings. The van der Waals surface area contributed by atoms with Gasteiger partial charge in [-0.3, -0.25) is 9.59 Å². The summed E-state index contributed by atoms with van der Waals surface area (Å²) in [6.07, 6.45) is 75.6. The van der Waals surface area contributed by atoms with Crippen LogP contribution >= 0.6 is 0 Å². The molecule has 0 bridgehead atoms. The Bertz CT molecular complexity index is 1270. The molecule has 0 saturated heterocycles. The number of carbonyl (C=O) groups is 2. The second-order valence-electron chi connectivity index (χ2n) is 18.1. The van der Waals surface area contributed by atoms with E-state index in [1.54, 1.807) is 0 Å². The third-order valence-corrected chi connectivity index (χ3v) is 11.6.